The van der Waals surface area contributed by atoms with Crippen LogP contribution in [0.3, 0.4) is 0 Å². The van der Waals surface area contributed by atoms with Crippen molar-refractivity contribution in [3.63, 3.8) is 0 Å². The van der Waals surface area contributed by atoms with Gasteiger partial charge in [-0.3, -0.25) is 4.79 Å². The lowest BCUT2D eigenvalue weighted by Crippen LogP contribution is -2.38. The van der Waals surface area contributed by atoms with Crippen LogP contribution in [0.5, 0.6) is 0 Å². The molecular formula is C12H20BrNOS. The molecule has 2 nitrogen and oxygen atoms in total. The normalized spacial score (nSPS) is 34.9. The number of thioether (sulfide) groups is 1. The molecule has 16 heavy (non-hydrogen) atoms. The van der Waals surface area contributed by atoms with Crippen LogP contribution >= 0.6 is 27.7 Å². The number of carbonyl (C=O) groups is 1. The van der Waals surface area contributed by atoms with Crippen LogP contribution in [0.2, 0.25) is 0 Å². The van der Waals surface area contributed by atoms with Gasteiger partial charge in [-0.25, -0.2) is 0 Å². The Morgan fingerprint density at radius 1 is 1.25 bits per heavy atom. The van der Waals surface area contributed by atoms with Crippen LogP contribution < -0.4 is 5.32 Å². The van der Waals surface area contributed by atoms with Crippen molar-refractivity contribution < 1.29 is 4.79 Å². The smallest absolute Gasteiger partial charge is 0.233 e. The molecule has 0 aromatic heterocycles. The Morgan fingerprint density at radius 3 is 2.75 bits per heavy atom. The van der Waals surface area contributed by atoms with Crippen LogP contribution in [-0.2, 0) is 4.79 Å². The second kappa shape index (κ2) is 6.29. The average Bonchev–Trinajstić information content (AvgIpc) is 2.81. The number of nitrogens with one attached hydrogen (secondary N) is 1. The van der Waals surface area contributed by atoms with Crippen LogP contribution in [0, 0.1) is 5.92 Å². The second-order valence-corrected chi connectivity index (χ2v) is 7.29. The Balaban J connectivity index is 1.71. The van der Waals surface area contributed by atoms with Crippen molar-refractivity contribution in [1.82, 2.24) is 5.32 Å². The number of hydrogen-bond donors (Lipinski definition) is 1. The van der Waals surface area contributed by atoms with Gasteiger partial charge in [-0.05, 0) is 37.4 Å². The van der Waals surface area contributed by atoms with Crippen LogP contribution in [-0.4, -0.2) is 28.3 Å². The van der Waals surface area contributed by atoms with Crippen molar-refractivity contribution >= 4 is 33.6 Å². The zero-order valence-corrected chi connectivity index (χ0v) is 12.0. The highest BCUT2D eigenvalue weighted by atomic mass is 79.9. The molecule has 1 amide bonds. The predicted molar refractivity (Wildman–Crippen MR) is 73.2 cm³/mol. The van der Waals surface area contributed by atoms with Gasteiger partial charge in [0.1, 0.15) is 0 Å². The van der Waals surface area contributed by atoms with Gasteiger partial charge in [0.2, 0.25) is 5.91 Å². The molecular weight excluding hydrogens is 286 g/mol. The van der Waals surface area contributed by atoms with Gasteiger partial charge < -0.3 is 5.32 Å². The van der Waals surface area contributed by atoms with Crippen molar-refractivity contribution in [3.05, 3.63) is 0 Å². The number of halogens is 1. The molecule has 2 rings (SSSR count). The lowest BCUT2D eigenvalue weighted by Gasteiger charge is -2.27. The molecule has 3 unspecified atom stereocenters. The van der Waals surface area contributed by atoms with E-state index in [0.29, 0.717) is 10.7 Å². The molecule has 1 saturated carbocycles. The third-order valence-electron chi connectivity index (χ3n) is 3.58. The maximum Gasteiger partial charge on any atom is 0.233 e. The Labute approximate surface area is 110 Å². The molecule has 4 heteroatoms. The van der Waals surface area contributed by atoms with Crippen LogP contribution in [0.1, 0.15) is 38.5 Å². The average molecular weight is 306 g/mol. The number of amides is 1. The first-order valence-corrected chi connectivity index (χ1v) is 8.27. The molecule has 0 aromatic carbocycles. The summed E-state index contributed by atoms with van der Waals surface area (Å²) in [5.41, 5.74) is 0. The molecule has 1 aliphatic carbocycles. The van der Waals surface area contributed by atoms with Gasteiger partial charge in [-0.15, -0.1) is 11.8 Å². The molecule has 0 radical (unpaired) electrons. The fraction of sp³-hybridized carbons (Fsp3) is 0.917. The first kappa shape index (κ1) is 12.7. The van der Waals surface area contributed by atoms with Gasteiger partial charge in [0.25, 0.3) is 0 Å². The van der Waals surface area contributed by atoms with E-state index in [1.54, 1.807) is 0 Å². The van der Waals surface area contributed by atoms with E-state index in [9.17, 15) is 4.79 Å². The number of carbonyl (C=O) groups excluding carboxylic acids is 1. The van der Waals surface area contributed by atoms with Gasteiger partial charge in [-0.1, -0.05) is 28.8 Å². The molecule has 3 atom stereocenters. The zero-order valence-electron chi connectivity index (χ0n) is 9.58. The molecule has 1 saturated heterocycles. The summed E-state index contributed by atoms with van der Waals surface area (Å²) in [6.07, 6.45) is 7.44. The standard InChI is InChI=1S/C12H20BrNOS/c13-10-5-2-1-4-9(10)8-14-12(15)11-6-3-7-16-11/h9-11H,1-8H2,(H,14,15). The minimum absolute atomic E-state index is 0.234. The minimum Gasteiger partial charge on any atom is -0.355 e. The highest BCUT2D eigenvalue weighted by Crippen LogP contribution is 2.30. The molecule has 0 aromatic rings. The van der Waals surface area contributed by atoms with E-state index in [1.807, 2.05) is 11.8 Å². The summed E-state index contributed by atoms with van der Waals surface area (Å²) in [5.74, 6) is 2.07. The summed E-state index contributed by atoms with van der Waals surface area (Å²) in [6, 6.07) is 0. The summed E-state index contributed by atoms with van der Waals surface area (Å²) in [6.45, 7) is 0.867. The van der Waals surface area contributed by atoms with Crippen molar-refractivity contribution in [2.45, 2.75) is 48.6 Å². The summed E-state index contributed by atoms with van der Waals surface area (Å²) < 4.78 is 0. The van der Waals surface area contributed by atoms with Crippen molar-refractivity contribution in [2.75, 3.05) is 12.3 Å². The van der Waals surface area contributed by atoms with Crippen molar-refractivity contribution in [2.24, 2.45) is 5.92 Å². The Hall–Kier alpha value is 0.300. The molecule has 0 spiro atoms. The van der Waals surface area contributed by atoms with E-state index in [2.05, 4.69) is 21.2 Å². The number of hydrogen-bond acceptors (Lipinski definition) is 2. The van der Waals surface area contributed by atoms with E-state index in [4.69, 9.17) is 0 Å². The highest BCUT2D eigenvalue weighted by Gasteiger charge is 2.26. The maximum absolute atomic E-state index is 11.8. The maximum atomic E-state index is 11.8. The zero-order chi connectivity index (χ0) is 11.4. The second-order valence-electron chi connectivity index (χ2n) is 4.81. The lowest BCUT2D eigenvalue weighted by atomic mass is 9.89. The van der Waals surface area contributed by atoms with Crippen LogP contribution in [0.15, 0.2) is 0 Å². The topological polar surface area (TPSA) is 29.1 Å². The fourth-order valence-corrected chi connectivity index (χ4v) is 4.48. The largest absolute Gasteiger partial charge is 0.355 e. The summed E-state index contributed by atoms with van der Waals surface area (Å²) in [4.78, 5) is 12.5. The van der Waals surface area contributed by atoms with Crippen molar-refractivity contribution in [3.8, 4) is 0 Å². The summed E-state index contributed by atoms with van der Waals surface area (Å²) >= 11 is 5.55. The Kier molecular flexibility index (Phi) is 5.01. The van der Waals surface area contributed by atoms with Crippen LogP contribution in [0.25, 0.3) is 0 Å². The highest BCUT2D eigenvalue weighted by molar-refractivity contribution is 9.09. The van der Waals surface area contributed by atoms with E-state index in [1.165, 1.54) is 32.1 Å². The van der Waals surface area contributed by atoms with E-state index in [0.717, 1.165) is 18.7 Å². The third kappa shape index (κ3) is 3.39. The molecule has 2 fully saturated rings. The lowest BCUT2D eigenvalue weighted by molar-refractivity contribution is -0.120. The molecule has 1 N–H and O–H groups in total. The third-order valence-corrected chi connectivity index (χ3v) is 6.16. The van der Waals surface area contributed by atoms with E-state index in [-0.39, 0.29) is 11.2 Å². The number of alkyl halides is 1. The van der Waals surface area contributed by atoms with Gasteiger partial charge in [-0.2, -0.15) is 0 Å². The van der Waals surface area contributed by atoms with Crippen LogP contribution in [0.4, 0.5) is 0 Å². The summed E-state index contributed by atoms with van der Waals surface area (Å²) in [7, 11) is 0. The molecule has 92 valence electrons. The Morgan fingerprint density at radius 2 is 2.06 bits per heavy atom. The first-order chi connectivity index (χ1) is 7.77. The predicted octanol–water partition coefficient (Wildman–Crippen LogP) is 2.95. The quantitative estimate of drug-likeness (QED) is 0.812. The molecule has 2 aliphatic rings. The monoisotopic (exact) mass is 305 g/mol. The summed E-state index contributed by atoms with van der Waals surface area (Å²) in [5, 5.41) is 3.37. The number of rotatable bonds is 3. The van der Waals surface area contributed by atoms with Crippen molar-refractivity contribution in [1.29, 1.82) is 0 Å². The SMILES string of the molecule is O=C(NCC1CCCCC1Br)C1CCCS1. The van der Waals surface area contributed by atoms with Gasteiger partial charge >= 0.3 is 0 Å². The van der Waals surface area contributed by atoms with E-state index >= 15 is 0 Å². The van der Waals surface area contributed by atoms with Gasteiger partial charge in [0.05, 0.1) is 5.25 Å². The molecule has 1 aliphatic heterocycles. The first-order valence-electron chi connectivity index (χ1n) is 6.31. The minimum atomic E-state index is 0.234. The Bertz CT molecular complexity index is 243. The fourth-order valence-electron chi connectivity index (χ4n) is 2.52. The van der Waals surface area contributed by atoms with E-state index < -0.39 is 0 Å². The van der Waals surface area contributed by atoms with Gasteiger partial charge in [0.15, 0.2) is 0 Å². The van der Waals surface area contributed by atoms with Gasteiger partial charge in [0, 0.05) is 11.4 Å². The molecule has 1 heterocycles. The molecule has 0 bridgehead atoms.